The van der Waals surface area contributed by atoms with Crippen molar-refractivity contribution in [3.8, 4) is 0 Å². The number of piperidine rings is 1. The van der Waals surface area contributed by atoms with E-state index in [2.05, 4.69) is 10.3 Å². The number of hydrogen-bond donors (Lipinski definition) is 1. The van der Waals surface area contributed by atoms with Gasteiger partial charge in [0.2, 0.25) is 5.91 Å². The molecule has 3 rings (SSSR count). The first-order valence-corrected chi connectivity index (χ1v) is 9.02. The van der Waals surface area contributed by atoms with E-state index in [-0.39, 0.29) is 25.1 Å². The number of rotatable bonds is 6. The molecule has 1 amide bonds. The second kappa shape index (κ2) is 7.97. The van der Waals surface area contributed by atoms with Crippen LogP contribution in [0.3, 0.4) is 0 Å². The van der Waals surface area contributed by atoms with Crippen molar-refractivity contribution in [3.05, 3.63) is 47.8 Å². The molecule has 2 aromatic rings. The third kappa shape index (κ3) is 4.28. The fourth-order valence-electron chi connectivity index (χ4n) is 3.12. The Kier molecular flexibility index (Phi) is 5.68. The van der Waals surface area contributed by atoms with Crippen molar-refractivity contribution >= 4 is 5.91 Å². The fraction of sp³-hybridized carbons (Fsp3) is 0.526. The van der Waals surface area contributed by atoms with E-state index in [1.165, 1.54) is 0 Å². The smallest absolute Gasteiger partial charge is 0.248 e. The molecule has 140 valence electrons. The summed E-state index contributed by atoms with van der Waals surface area (Å²) in [7, 11) is 0. The van der Waals surface area contributed by atoms with Crippen LogP contribution in [-0.4, -0.2) is 50.6 Å². The summed E-state index contributed by atoms with van der Waals surface area (Å²) in [5.41, 5.74) is 0.398. The first kappa shape index (κ1) is 18.5. The van der Waals surface area contributed by atoms with Crippen molar-refractivity contribution in [2.24, 2.45) is 0 Å². The summed E-state index contributed by atoms with van der Waals surface area (Å²) in [6.07, 6.45) is 3.05. The maximum atomic E-state index is 12.5. The van der Waals surface area contributed by atoms with Crippen molar-refractivity contribution in [2.45, 2.75) is 44.9 Å². The number of ether oxygens (including phenoxy) is 1. The van der Waals surface area contributed by atoms with Crippen molar-refractivity contribution in [1.29, 1.82) is 0 Å². The van der Waals surface area contributed by atoms with Crippen molar-refractivity contribution < 1.29 is 14.6 Å². The van der Waals surface area contributed by atoms with Crippen LogP contribution >= 0.6 is 0 Å². The van der Waals surface area contributed by atoms with E-state index < -0.39 is 5.60 Å². The number of carbonyl (C=O) groups is 1. The molecule has 2 heterocycles. The zero-order valence-corrected chi connectivity index (χ0v) is 15.3. The number of carbonyl (C=O) groups excluding carboxylic acids is 1. The Balaban J connectivity index is 1.57. The van der Waals surface area contributed by atoms with Crippen LogP contribution in [-0.2, 0) is 21.7 Å². The molecule has 0 radical (unpaired) electrons. The Labute approximate surface area is 153 Å². The highest BCUT2D eigenvalue weighted by molar-refractivity contribution is 5.77. The molecular formula is C19H26N4O3. The molecule has 0 bridgehead atoms. The quantitative estimate of drug-likeness (QED) is 0.853. The van der Waals surface area contributed by atoms with E-state index in [0.717, 1.165) is 12.0 Å². The molecule has 1 atom stereocenters. The predicted octanol–water partition coefficient (Wildman–Crippen LogP) is 1.89. The summed E-state index contributed by atoms with van der Waals surface area (Å²) < 4.78 is 7.26. The van der Waals surface area contributed by atoms with Crippen LogP contribution in [0.2, 0.25) is 0 Å². The highest BCUT2D eigenvalue weighted by Gasteiger charge is 2.39. The van der Waals surface area contributed by atoms with Crippen LogP contribution in [0, 0.1) is 0 Å². The third-order valence-electron chi connectivity index (χ3n) is 4.68. The number of hydrogen-bond acceptors (Lipinski definition) is 5. The molecule has 0 saturated carbocycles. The minimum absolute atomic E-state index is 0.00363. The molecule has 7 heteroatoms. The van der Waals surface area contributed by atoms with Gasteiger partial charge in [-0.1, -0.05) is 35.5 Å². The van der Waals surface area contributed by atoms with Gasteiger partial charge in [-0.3, -0.25) is 4.79 Å². The summed E-state index contributed by atoms with van der Waals surface area (Å²) in [6.45, 7) is 5.25. The zero-order valence-electron chi connectivity index (χ0n) is 15.3. The molecule has 0 unspecified atom stereocenters. The highest BCUT2D eigenvalue weighted by Crippen LogP contribution is 2.30. The lowest BCUT2D eigenvalue weighted by molar-refractivity contribution is -0.144. The molecule has 1 saturated heterocycles. The lowest BCUT2D eigenvalue weighted by Crippen LogP contribution is -2.49. The molecule has 0 aliphatic carbocycles. The van der Waals surface area contributed by atoms with Crippen molar-refractivity contribution in [1.82, 2.24) is 19.9 Å². The maximum absolute atomic E-state index is 12.5. The second-order valence-corrected chi connectivity index (χ2v) is 7.11. The van der Waals surface area contributed by atoms with E-state index >= 15 is 0 Å². The van der Waals surface area contributed by atoms with Gasteiger partial charge >= 0.3 is 0 Å². The number of aliphatic hydroxyl groups is 1. The standard InChI is InChI=1S/C19H26N4O3/c1-15(2)23-11-17(20-21-23)19(25)9-6-10-22(14-19)18(24)13-26-12-16-7-4-3-5-8-16/h3-5,7-8,11,15,25H,6,9-10,12-14H2,1-2H3/t19-/m0/s1. The molecule has 1 aromatic carbocycles. The fourth-order valence-corrected chi connectivity index (χ4v) is 3.12. The summed E-state index contributed by atoms with van der Waals surface area (Å²) in [5, 5.41) is 19.2. The molecule has 0 spiro atoms. The van der Waals surface area contributed by atoms with Gasteiger partial charge in [-0.2, -0.15) is 0 Å². The van der Waals surface area contributed by atoms with Gasteiger partial charge in [0.05, 0.1) is 19.3 Å². The maximum Gasteiger partial charge on any atom is 0.248 e. The number of amides is 1. The topological polar surface area (TPSA) is 80.5 Å². The molecule has 7 nitrogen and oxygen atoms in total. The molecule has 1 aromatic heterocycles. The number of likely N-dealkylation sites (tertiary alicyclic amines) is 1. The minimum atomic E-state index is -1.15. The molecule has 1 N–H and O–H groups in total. The first-order chi connectivity index (χ1) is 12.5. The van der Waals surface area contributed by atoms with E-state index in [9.17, 15) is 9.90 Å². The summed E-state index contributed by atoms with van der Waals surface area (Å²) in [5.74, 6) is -0.115. The van der Waals surface area contributed by atoms with E-state index in [1.54, 1.807) is 15.8 Å². The Morgan fingerprint density at radius 2 is 2.12 bits per heavy atom. The van der Waals surface area contributed by atoms with Crippen molar-refractivity contribution in [3.63, 3.8) is 0 Å². The predicted molar refractivity (Wildman–Crippen MR) is 96.2 cm³/mol. The largest absolute Gasteiger partial charge is 0.382 e. The van der Waals surface area contributed by atoms with Gasteiger partial charge in [0.15, 0.2) is 0 Å². The van der Waals surface area contributed by atoms with Crippen LogP contribution in [0.1, 0.15) is 44.0 Å². The van der Waals surface area contributed by atoms with Crippen LogP contribution in [0.15, 0.2) is 36.5 Å². The normalized spacial score (nSPS) is 20.5. The van der Waals surface area contributed by atoms with Crippen LogP contribution in [0.25, 0.3) is 0 Å². The number of aromatic nitrogens is 3. The molecule has 26 heavy (non-hydrogen) atoms. The lowest BCUT2D eigenvalue weighted by atomic mass is 9.90. The number of benzene rings is 1. The van der Waals surface area contributed by atoms with Crippen molar-refractivity contribution in [2.75, 3.05) is 19.7 Å². The summed E-state index contributed by atoms with van der Waals surface area (Å²) in [6, 6.07) is 9.92. The average molecular weight is 358 g/mol. The van der Waals surface area contributed by atoms with Crippen LogP contribution in [0.4, 0.5) is 0 Å². The Bertz CT molecular complexity index is 731. The summed E-state index contributed by atoms with van der Waals surface area (Å²) in [4.78, 5) is 14.1. The lowest BCUT2D eigenvalue weighted by Gasteiger charge is -2.37. The summed E-state index contributed by atoms with van der Waals surface area (Å²) >= 11 is 0. The molecule has 1 aliphatic rings. The first-order valence-electron chi connectivity index (χ1n) is 9.02. The number of nitrogens with zero attached hydrogens (tertiary/aromatic N) is 4. The molecule has 1 aliphatic heterocycles. The third-order valence-corrected chi connectivity index (χ3v) is 4.68. The van der Waals surface area contributed by atoms with Gasteiger partial charge in [-0.25, -0.2) is 4.68 Å². The Morgan fingerprint density at radius 3 is 2.81 bits per heavy atom. The average Bonchev–Trinajstić information content (AvgIpc) is 3.14. The van der Waals surface area contributed by atoms with Gasteiger partial charge in [-0.05, 0) is 32.3 Å². The van der Waals surface area contributed by atoms with Gasteiger partial charge in [0, 0.05) is 12.6 Å². The number of β-amino-alcohol motifs (C(OH)–C–C–N with tert-alkyl or cyclic N) is 1. The zero-order chi connectivity index (χ0) is 18.6. The van der Waals surface area contributed by atoms with Gasteiger partial charge in [0.25, 0.3) is 0 Å². The molecular weight excluding hydrogens is 332 g/mol. The van der Waals surface area contributed by atoms with Gasteiger partial charge in [-0.15, -0.1) is 5.10 Å². The second-order valence-electron chi connectivity index (χ2n) is 7.11. The highest BCUT2D eigenvalue weighted by atomic mass is 16.5. The van der Waals surface area contributed by atoms with E-state index in [1.807, 2.05) is 44.2 Å². The van der Waals surface area contributed by atoms with Crippen LogP contribution < -0.4 is 0 Å². The molecule has 1 fully saturated rings. The Morgan fingerprint density at radius 1 is 1.35 bits per heavy atom. The Hall–Kier alpha value is -2.25. The van der Waals surface area contributed by atoms with Gasteiger partial charge < -0.3 is 14.7 Å². The van der Waals surface area contributed by atoms with E-state index in [0.29, 0.717) is 25.3 Å². The SMILES string of the molecule is CC(C)n1cc([C@]2(O)CCCN(C(=O)COCc3ccccc3)C2)nn1. The van der Waals surface area contributed by atoms with Gasteiger partial charge in [0.1, 0.15) is 17.9 Å². The van der Waals surface area contributed by atoms with Crippen LogP contribution in [0.5, 0.6) is 0 Å². The monoisotopic (exact) mass is 358 g/mol. The minimum Gasteiger partial charge on any atom is -0.382 e. The van der Waals surface area contributed by atoms with E-state index in [4.69, 9.17) is 4.74 Å².